The van der Waals surface area contributed by atoms with Crippen LogP contribution in [0.1, 0.15) is 47.2 Å². The maximum absolute atomic E-state index is 2.56. The summed E-state index contributed by atoms with van der Waals surface area (Å²) in [6, 6.07) is 27.7. The molecule has 0 radical (unpaired) electrons. The maximum atomic E-state index is 2.56. The Labute approximate surface area is 159 Å². The van der Waals surface area contributed by atoms with Gasteiger partial charge in [0.1, 0.15) is 12.1 Å². The molecule has 132 valence electrons. The Kier molecular flexibility index (Phi) is 3.28. The lowest BCUT2D eigenvalue weighted by atomic mass is 9.90. The molecule has 3 heterocycles. The van der Waals surface area contributed by atoms with E-state index >= 15 is 0 Å². The Bertz CT molecular complexity index is 1040. The van der Waals surface area contributed by atoms with Crippen molar-refractivity contribution in [1.82, 2.24) is 4.57 Å². The third-order valence-electron chi connectivity index (χ3n) is 6.50. The van der Waals surface area contributed by atoms with Gasteiger partial charge in [-0.25, -0.2) is 9.13 Å². The molecule has 0 unspecified atom stereocenters. The van der Waals surface area contributed by atoms with Gasteiger partial charge in [-0.05, 0) is 36.8 Å². The number of imidazole rings is 1. The fourth-order valence-corrected chi connectivity index (χ4v) is 5.23. The van der Waals surface area contributed by atoms with Crippen LogP contribution in [-0.2, 0) is 12.8 Å². The van der Waals surface area contributed by atoms with Gasteiger partial charge in [0.05, 0.1) is 0 Å². The molecular formula is C25H23N2+. The van der Waals surface area contributed by atoms with Crippen molar-refractivity contribution in [2.75, 3.05) is 0 Å². The molecule has 0 N–H and O–H groups in total. The SMILES string of the molecule is c1ccc([C@@H]2CCc3ccc4c5c3n2c[n+]5[C@H](c2ccccc2)CC4)cc1. The zero-order valence-electron chi connectivity index (χ0n) is 15.4. The average Bonchev–Trinajstić information content (AvgIpc) is 3.15. The predicted octanol–water partition coefficient (Wildman–Crippen LogP) is 5.00. The van der Waals surface area contributed by atoms with E-state index in [1.165, 1.54) is 46.1 Å². The van der Waals surface area contributed by atoms with E-state index in [1.54, 1.807) is 0 Å². The highest BCUT2D eigenvalue weighted by molar-refractivity contribution is 5.81. The molecule has 0 spiro atoms. The lowest BCUT2D eigenvalue weighted by molar-refractivity contribution is -0.693. The summed E-state index contributed by atoms with van der Waals surface area (Å²) >= 11 is 0. The van der Waals surface area contributed by atoms with E-state index in [9.17, 15) is 0 Å². The summed E-state index contributed by atoms with van der Waals surface area (Å²) < 4.78 is 5.13. The van der Waals surface area contributed by atoms with E-state index in [2.05, 4.69) is 88.3 Å². The number of aryl methyl sites for hydroxylation is 2. The number of hydrogen-bond donors (Lipinski definition) is 0. The van der Waals surface area contributed by atoms with Crippen LogP contribution in [0.3, 0.4) is 0 Å². The van der Waals surface area contributed by atoms with E-state index in [0.29, 0.717) is 12.1 Å². The Hall–Kier alpha value is -2.87. The molecule has 0 saturated carbocycles. The Morgan fingerprint density at radius 2 is 1.37 bits per heavy atom. The average molecular weight is 351 g/mol. The normalized spacial score (nSPS) is 20.7. The van der Waals surface area contributed by atoms with Crippen LogP contribution in [0.2, 0.25) is 0 Å². The van der Waals surface area contributed by atoms with E-state index < -0.39 is 0 Å². The number of nitrogens with zero attached hydrogens (tertiary/aromatic N) is 2. The largest absolute Gasteiger partial charge is 0.245 e. The zero-order chi connectivity index (χ0) is 17.8. The van der Waals surface area contributed by atoms with Crippen LogP contribution in [0.25, 0.3) is 11.0 Å². The Morgan fingerprint density at radius 3 is 2.15 bits per heavy atom. The third kappa shape index (κ3) is 2.22. The van der Waals surface area contributed by atoms with Crippen LogP contribution in [-0.4, -0.2) is 4.57 Å². The van der Waals surface area contributed by atoms with E-state index in [-0.39, 0.29) is 0 Å². The van der Waals surface area contributed by atoms with E-state index in [0.717, 1.165) is 12.8 Å². The molecule has 4 aromatic rings. The van der Waals surface area contributed by atoms with Crippen molar-refractivity contribution >= 4 is 11.0 Å². The molecule has 1 aromatic heterocycles. The van der Waals surface area contributed by atoms with Gasteiger partial charge in [-0.1, -0.05) is 72.8 Å². The Balaban J connectivity index is 1.60. The van der Waals surface area contributed by atoms with Gasteiger partial charge in [0.15, 0.2) is 11.0 Å². The fraction of sp³-hybridized carbons (Fsp3) is 0.240. The number of hydrogen-bond acceptors (Lipinski definition) is 0. The van der Waals surface area contributed by atoms with Gasteiger partial charge >= 0.3 is 0 Å². The van der Waals surface area contributed by atoms with Crippen molar-refractivity contribution in [3.63, 3.8) is 0 Å². The molecule has 27 heavy (non-hydrogen) atoms. The fourth-order valence-electron chi connectivity index (χ4n) is 5.23. The summed E-state index contributed by atoms with van der Waals surface area (Å²) in [5, 5.41) is 0. The van der Waals surface area contributed by atoms with E-state index in [4.69, 9.17) is 0 Å². The van der Waals surface area contributed by atoms with Crippen molar-refractivity contribution in [1.29, 1.82) is 0 Å². The minimum atomic E-state index is 0.437. The van der Waals surface area contributed by atoms with Gasteiger partial charge in [0, 0.05) is 11.1 Å². The van der Waals surface area contributed by atoms with Crippen molar-refractivity contribution in [2.45, 2.75) is 37.8 Å². The molecule has 3 aromatic carbocycles. The highest BCUT2D eigenvalue weighted by Crippen LogP contribution is 2.38. The van der Waals surface area contributed by atoms with Crippen LogP contribution in [0.4, 0.5) is 0 Å². The minimum absolute atomic E-state index is 0.437. The van der Waals surface area contributed by atoms with Crippen molar-refractivity contribution < 1.29 is 4.57 Å². The molecule has 6 rings (SSSR count). The first-order valence-electron chi connectivity index (χ1n) is 10.1. The maximum Gasteiger partial charge on any atom is 0.245 e. The van der Waals surface area contributed by atoms with Gasteiger partial charge in [0.2, 0.25) is 6.33 Å². The Morgan fingerprint density at radius 1 is 0.704 bits per heavy atom. The van der Waals surface area contributed by atoms with Gasteiger partial charge < -0.3 is 0 Å². The first-order valence-corrected chi connectivity index (χ1v) is 10.1. The molecule has 2 atom stereocenters. The highest BCUT2D eigenvalue weighted by atomic mass is 15.2. The van der Waals surface area contributed by atoms with Crippen LogP contribution in [0.5, 0.6) is 0 Å². The minimum Gasteiger partial charge on any atom is -0.223 e. The second kappa shape index (κ2) is 5.82. The molecule has 0 aliphatic carbocycles. The molecule has 0 fully saturated rings. The lowest BCUT2D eigenvalue weighted by Crippen LogP contribution is -2.42. The van der Waals surface area contributed by atoms with E-state index in [1.807, 2.05) is 0 Å². The predicted molar refractivity (Wildman–Crippen MR) is 108 cm³/mol. The molecule has 2 heteroatoms. The van der Waals surface area contributed by atoms with Crippen molar-refractivity contribution in [3.05, 3.63) is 101 Å². The lowest BCUT2D eigenvalue weighted by Gasteiger charge is -2.22. The first-order chi connectivity index (χ1) is 13.4. The summed E-state index contributed by atoms with van der Waals surface area (Å²) in [5.41, 5.74) is 8.80. The molecular weight excluding hydrogens is 328 g/mol. The highest BCUT2D eigenvalue weighted by Gasteiger charge is 2.36. The van der Waals surface area contributed by atoms with Crippen molar-refractivity contribution in [3.8, 4) is 0 Å². The smallest absolute Gasteiger partial charge is 0.223 e. The molecule has 2 nitrogen and oxygen atoms in total. The number of rotatable bonds is 2. The van der Waals surface area contributed by atoms with Gasteiger partial charge in [-0.3, -0.25) is 0 Å². The third-order valence-corrected chi connectivity index (χ3v) is 6.50. The monoisotopic (exact) mass is 351 g/mol. The van der Waals surface area contributed by atoms with Gasteiger partial charge in [-0.15, -0.1) is 0 Å². The number of aromatic nitrogens is 2. The van der Waals surface area contributed by atoms with Gasteiger partial charge in [-0.2, -0.15) is 0 Å². The summed E-state index contributed by atoms with van der Waals surface area (Å²) in [7, 11) is 0. The number of benzene rings is 3. The summed E-state index contributed by atoms with van der Waals surface area (Å²) in [5.74, 6) is 0. The second-order valence-corrected chi connectivity index (χ2v) is 7.94. The van der Waals surface area contributed by atoms with Gasteiger partial charge in [0.25, 0.3) is 0 Å². The summed E-state index contributed by atoms with van der Waals surface area (Å²) in [6.45, 7) is 0. The molecule has 2 aliphatic heterocycles. The molecule has 0 amide bonds. The van der Waals surface area contributed by atoms with Crippen molar-refractivity contribution in [2.24, 2.45) is 0 Å². The molecule has 0 saturated heterocycles. The molecule has 0 bridgehead atoms. The van der Waals surface area contributed by atoms with Crippen LogP contribution in [0, 0.1) is 0 Å². The second-order valence-electron chi connectivity index (χ2n) is 7.94. The molecule has 2 aliphatic rings. The first kappa shape index (κ1) is 15.2. The zero-order valence-corrected chi connectivity index (χ0v) is 15.4. The van der Waals surface area contributed by atoms with Crippen LogP contribution < -0.4 is 4.57 Å². The topological polar surface area (TPSA) is 8.81 Å². The standard InChI is InChI=1S/C25H23N2/c1-3-7-18(8-4-1)22-15-13-20-11-12-21-14-16-23(19-9-5-2-6-10-19)27-17-26(22)24(20)25(21)27/h1-12,17,22-23H,13-16H2/q+1/t22-,23-/m0/s1. The van der Waals surface area contributed by atoms with Crippen LogP contribution in [0.15, 0.2) is 79.1 Å². The summed E-state index contributed by atoms with van der Waals surface area (Å²) in [6.07, 6.45) is 7.09. The quantitative estimate of drug-likeness (QED) is 0.449. The van der Waals surface area contributed by atoms with Crippen LogP contribution >= 0.6 is 0 Å². The summed E-state index contributed by atoms with van der Waals surface area (Å²) in [4.78, 5) is 0.